The highest BCUT2D eigenvalue weighted by Crippen LogP contribution is 2.36. The molecule has 26 heavy (non-hydrogen) atoms. The second-order valence-corrected chi connectivity index (χ2v) is 5.73. The number of aliphatic hydroxyl groups is 1. The summed E-state index contributed by atoms with van der Waals surface area (Å²) in [6.45, 7) is 0.774. The zero-order chi connectivity index (χ0) is 19.8. The molecule has 10 heteroatoms. The molecular weight excluding hydrogens is 368 g/mol. The van der Waals surface area contributed by atoms with E-state index in [0.717, 1.165) is 0 Å². The third kappa shape index (κ3) is 4.57. The zero-order valence-electron chi connectivity index (χ0n) is 13.2. The number of carbonyl (C=O) groups is 1. The maximum Gasteiger partial charge on any atom is 0.416 e. The summed E-state index contributed by atoms with van der Waals surface area (Å²) in [7, 11) is 0. The van der Waals surface area contributed by atoms with Crippen LogP contribution in [0.1, 0.15) is 34.2 Å². The molecule has 0 saturated carbocycles. The largest absolute Gasteiger partial charge is 0.466 e. The van der Waals surface area contributed by atoms with Gasteiger partial charge in [-0.1, -0.05) is 0 Å². The van der Waals surface area contributed by atoms with Gasteiger partial charge < -0.3 is 14.8 Å². The van der Waals surface area contributed by atoms with Crippen molar-refractivity contribution in [3.63, 3.8) is 0 Å². The average Bonchev–Trinajstić information content (AvgIpc) is 3.06. The number of benzene rings is 1. The number of hydrogen-bond donors (Lipinski definition) is 2. The van der Waals surface area contributed by atoms with Crippen molar-refractivity contribution in [2.45, 2.75) is 24.9 Å². The third-order valence-corrected chi connectivity index (χ3v) is 3.50. The average molecular weight is 381 g/mol. The SMILES string of the molecule is CC(O)(CNC(=O)c1cc(C(F)(F)F)cc(C(F)(F)F)c1)c1ccco1. The standard InChI is InChI=1S/C16H13F6NO3/c1-14(25,12-3-2-4-26-12)8-23-13(24)9-5-10(15(17,18)19)7-11(6-9)16(20,21)22/h2-7,25H,8H2,1H3,(H,23,24). The van der Waals surface area contributed by atoms with Crippen LogP contribution in [0.5, 0.6) is 0 Å². The summed E-state index contributed by atoms with van der Waals surface area (Å²) in [5, 5.41) is 12.3. The quantitative estimate of drug-likeness (QED) is 0.789. The molecule has 2 N–H and O–H groups in total. The van der Waals surface area contributed by atoms with Crippen LogP contribution < -0.4 is 5.32 Å². The Bertz CT molecular complexity index is 746. The minimum Gasteiger partial charge on any atom is -0.466 e. The molecule has 0 aliphatic carbocycles. The minimum absolute atomic E-state index is 0.0674. The van der Waals surface area contributed by atoms with Crippen molar-refractivity contribution < 1.29 is 40.7 Å². The molecule has 0 bridgehead atoms. The lowest BCUT2D eigenvalue weighted by Gasteiger charge is -2.21. The zero-order valence-corrected chi connectivity index (χ0v) is 13.2. The lowest BCUT2D eigenvalue weighted by molar-refractivity contribution is -0.143. The number of rotatable bonds is 4. The molecule has 1 atom stereocenters. The summed E-state index contributed by atoms with van der Waals surface area (Å²) in [5.41, 5.74) is -5.74. The van der Waals surface area contributed by atoms with Crippen LogP contribution in [-0.2, 0) is 18.0 Å². The Labute approximate surface area is 143 Å². The number of nitrogens with one attached hydrogen (secondary N) is 1. The van der Waals surface area contributed by atoms with Crippen LogP contribution in [0.25, 0.3) is 0 Å². The summed E-state index contributed by atoms with van der Waals surface area (Å²) in [5.74, 6) is -1.13. The molecule has 1 heterocycles. The van der Waals surface area contributed by atoms with E-state index in [0.29, 0.717) is 12.1 Å². The van der Waals surface area contributed by atoms with Gasteiger partial charge in [0.05, 0.1) is 23.9 Å². The van der Waals surface area contributed by atoms with Gasteiger partial charge in [-0.2, -0.15) is 26.3 Å². The van der Waals surface area contributed by atoms with E-state index in [2.05, 4.69) is 5.32 Å². The lowest BCUT2D eigenvalue weighted by Crippen LogP contribution is -2.38. The van der Waals surface area contributed by atoms with E-state index >= 15 is 0 Å². The van der Waals surface area contributed by atoms with Crippen LogP contribution in [0, 0.1) is 0 Å². The van der Waals surface area contributed by atoms with E-state index in [1.807, 2.05) is 0 Å². The molecule has 1 amide bonds. The monoisotopic (exact) mass is 381 g/mol. The maximum absolute atomic E-state index is 12.8. The summed E-state index contributed by atoms with van der Waals surface area (Å²) >= 11 is 0. The Morgan fingerprint density at radius 3 is 2.04 bits per heavy atom. The molecule has 1 unspecified atom stereocenters. The highest BCUT2D eigenvalue weighted by molar-refractivity contribution is 5.94. The molecule has 0 saturated heterocycles. The van der Waals surface area contributed by atoms with Crippen LogP contribution in [-0.4, -0.2) is 17.6 Å². The third-order valence-electron chi connectivity index (χ3n) is 3.50. The molecule has 0 aliphatic rings. The smallest absolute Gasteiger partial charge is 0.416 e. The number of halogens is 6. The maximum atomic E-state index is 12.8. The molecule has 2 aromatic rings. The topological polar surface area (TPSA) is 62.5 Å². The first-order chi connectivity index (χ1) is 11.8. The number of carbonyl (C=O) groups excluding carboxylic acids is 1. The molecule has 142 valence electrons. The van der Waals surface area contributed by atoms with Crippen molar-refractivity contribution in [3.05, 3.63) is 59.0 Å². The van der Waals surface area contributed by atoms with Crippen molar-refractivity contribution in [2.75, 3.05) is 6.54 Å². The predicted octanol–water partition coefficient (Wildman–Crippen LogP) is 3.95. The fraction of sp³-hybridized carbons (Fsp3) is 0.312. The second kappa shape index (κ2) is 6.67. The Balaban J connectivity index is 2.28. The number of hydrogen-bond acceptors (Lipinski definition) is 3. The van der Waals surface area contributed by atoms with Gasteiger partial charge in [0, 0.05) is 5.56 Å². The van der Waals surface area contributed by atoms with E-state index in [4.69, 9.17) is 4.42 Å². The lowest BCUT2D eigenvalue weighted by atomic mass is 10.0. The van der Waals surface area contributed by atoms with Gasteiger partial charge in [0.25, 0.3) is 5.91 Å². The van der Waals surface area contributed by atoms with Crippen LogP contribution in [0.4, 0.5) is 26.3 Å². The van der Waals surface area contributed by atoms with Gasteiger partial charge in [0.15, 0.2) is 0 Å². The van der Waals surface area contributed by atoms with Crippen LogP contribution >= 0.6 is 0 Å². The summed E-state index contributed by atoms with van der Waals surface area (Å²) in [4.78, 5) is 12.0. The van der Waals surface area contributed by atoms with E-state index in [9.17, 15) is 36.2 Å². The number of furan rings is 1. The fourth-order valence-electron chi connectivity index (χ4n) is 2.11. The van der Waals surface area contributed by atoms with Crippen molar-refractivity contribution in [2.24, 2.45) is 0 Å². The van der Waals surface area contributed by atoms with E-state index < -0.39 is 47.1 Å². The number of amides is 1. The van der Waals surface area contributed by atoms with Gasteiger partial charge in [-0.05, 0) is 37.3 Å². The van der Waals surface area contributed by atoms with Crippen LogP contribution in [0.2, 0.25) is 0 Å². The summed E-state index contributed by atoms with van der Waals surface area (Å²) < 4.78 is 81.8. The molecule has 1 aromatic heterocycles. The van der Waals surface area contributed by atoms with Crippen LogP contribution in [0.15, 0.2) is 41.0 Å². The van der Waals surface area contributed by atoms with Gasteiger partial charge in [-0.15, -0.1) is 0 Å². The Hall–Kier alpha value is -2.49. The van der Waals surface area contributed by atoms with Crippen molar-refractivity contribution in [1.82, 2.24) is 5.32 Å². The van der Waals surface area contributed by atoms with Gasteiger partial charge in [0.1, 0.15) is 11.4 Å². The summed E-state index contributed by atoms with van der Waals surface area (Å²) in [6, 6.07) is 3.42. The van der Waals surface area contributed by atoms with Gasteiger partial charge in [-0.3, -0.25) is 4.79 Å². The predicted molar refractivity (Wildman–Crippen MR) is 77.1 cm³/mol. The van der Waals surface area contributed by atoms with Crippen molar-refractivity contribution in [3.8, 4) is 0 Å². The van der Waals surface area contributed by atoms with Crippen LogP contribution in [0.3, 0.4) is 0 Å². The van der Waals surface area contributed by atoms with Gasteiger partial charge in [0.2, 0.25) is 0 Å². The summed E-state index contributed by atoms with van der Waals surface area (Å²) in [6.07, 6.45) is -8.86. The Morgan fingerprint density at radius 2 is 1.62 bits per heavy atom. The molecule has 0 spiro atoms. The highest BCUT2D eigenvalue weighted by Gasteiger charge is 2.37. The first-order valence-electron chi connectivity index (χ1n) is 7.15. The Kier molecular flexibility index (Phi) is 5.09. The molecule has 0 aliphatic heterocycles. The molecule has 1 aromatic carbocycles. The number of alkyl halides is 6. The fourth-order valence-corrected chi connectivity index (χ4v) is 2.11. The second-order valence-electron chi connectivity index (χ2n) is 5.73. The first-order valence-corrected chi connectivity index (χ1v) is 7.15. The molecule has 2 rings (SSSR count). The van der Waals surface area contributed by atoms with Gasteiger partial charge >= 0.3 is 12.4 Å². The first kappa shape index (κ1) is 19.8. The van der Waals surface area contributed by atoms with E-state index in [1.165, 1.54) is 25.3 Å². The Morgan fingerprint density at radius 1 is 1.08 bits per heavy atom. The van der Waals surface area contributed by atoms with E-state index in [1.54, 1.807) is 0 Å². The van der Waals surface area contributed by atoms with Crippen molar-refractivity contribution in [1.29, 1.82) is 0 Å². The van der Waals surface area contributed by atoms with Gasteiger partial charge in [-0.25, -0.2) is 0 Å². The molecule has 4 nitrogen and oxygen atoms in total. The van der Waals surface area contributed by atoms with Crippen molar-refractivity contribution >= 4 is 5.91 Å². The minimum atomic E-state index is -5.06. The molecular formula is C16H13F6NO3. The van der Waals surface area contributed by atoms with E-state index in [-0.39, 0.29) is 11.8 Å². The normalized spacial score (nSPS) is 14.8. The highest BCUT2D eigenvalue weighted by atomic mass is 19.4. The molecule has 0 fully saturated rings. The molecule has 0 radical (unpaired) electrons.